The van der Waals surface area contributed by atoms with Gasteiger partial charge in [0.2, 0.25) is 0 Å². The lowest BCUT2D eigenvalue weighted by atomic mass is 9.96. The molecule has 1 heterocycles. The second kappa shape index (κ2) is 14.0. The van der Waals surface area contributed by atoms with Gasteiger partial charge in [-0.05, 0) is 36.5 Å². The average Bonchev–Trinajstić information content (AvgIpc) is 2.97. The molecule has 3 aromatic carbocycles. The Morgan fingerprint density at radius 2 is 1.03 bits per heavy atom. The van der Waals surface area contributed by atoms with E-state index in [4.69, 9.17) is 23.7 Å². The highest BCUT2D eigenvalue weighted by Crippen LogP contribution is 2.33. The molecule has 5 rings (SSSR count). The van der Waals surface area contributed by atoms with E-state index >= 15 is 0 Å². The fraction of sp³-hybridized carbons (Fsp3) is 0.455. The Hall–Kier alpha value is -2.54. The molecule has 1 saturated heterocycles. The average molecular weight is 517 g/mol. The first kappa shape index (κ1) is 27.0. The van der Waals surface area contributed by atoms with Crippen LogP contribution in [0.15, 0.2) is 91.0 Å². The van der Waals surface area contributed by atoms with Crippen molar-refractivity contribution in [2.75, 3.05) is 0 Å². The van der Waals surface area contributed by atoms with Crippen LogP contribution >= 0.6 is 0 Å². The molecule has 0 N–H and O–H groups in total. The van der Waals surface area contributed by atoms with Gasteiger partial charge < -0.3 is 23.7 Å². The summed E-state index contributed by atoms with van der Waals surface area (Å²) in [7, 11) is 0. The van der Waals surface area contributed by atoms with Gasteiger partial charge in [-0.15, -0.1) is 0 Å². The minimum absolute atomic E-state index is 0.181. The van der Waals surface area contributed by atoms with Gasteiger partial charge in [-0.2, -0.15) is 0 Å². The molecular formula is C33H40O5. The van der Waals surface area contributed by atoms with Crippen molar-refractivity contribution in [1.82, 2.24) is 0 Å². The molecule has 0 aromatic heterocycles. The SMILES string of the molecule is C[C@@H]1O[C@H](OC2CCCCC2)[C@@H](OCc2ccccc2)[C@H](OCc2ccccc2)[C@@H]1OCc1ccccc1. The molecule has 0 spiro atoms. The van der Waals surface area contributed by atoms with E-state index in [0.29, 0.717) is 19.8 Å². The Morgan fingerprint density at radius 3 is 1.53 bits per heavy atom. The van der Waals surface area contributed by atoms with Crippen molar-refractivity contribution < 1.29 is 23.7 Å². The second-order valence-electron chi connectivity index (χ2n) is 10.4. The largest absolute Gasteiger partial charge is 0.368 e. The van der Waals surface area contributed by atoms with Gasteiger partial charge in [0.1, 0.15) is 18.3 Å². The third kappa shape index (κ3) is 7.52. The van der Waals surface area contributed by atoms with Crippen molar-refractivity contribution in [3.63, 3.8) is 0 Å². The van der Waals surface area contributed by atoms with Crippen molar-refractivity contribution in [1.29, 1.82) is 0 Å². The highest BCUT2D eigenvalue weighted by Gasteiger charge is 2.48. The van der Waals surface area contributed by atoms with Crippen LogP contribution in [0, 0.1) is 0 Å². The van der Waals surface area contributed by atoms with Gasteiger partial charge in [0.15, 0.2) is 6.29 Å². The maximum Gasteiger partial charge on any atom is 0.187 e. The van der Waals surface area contributed by atoms with Gasteiger partial charge >= 0.3 is 0 Å². The quantitative estimate of drug-likeness (QED) is 0.279. The predicted octanol–water partition coefficient (Wildman–Crippen LogP) is 6.84. The molecule has 202 valence electrons. The molecule has 38 heavy (non-hydrogen) atoms. The molecule has 1 aliphatic carbocycles. The zero-order chi connectivity index (χ0) is 26.0. The molecule has 5 heteroatoms. The van der Waals surface area contributed by atoms with Crippen LogP contribution in [0.1, 0.15) is 55.7 Å². The van der Waals surface area contributed by atoms with Crippen molar-refractivity contribution in [3.8, 4) is 0 Å². The first-order valence-electron chi connectivity index (χ1n) is 14.0. The maximum absolute atomic E-state index is 6.65. The fourth-order valence-electron chi connectivity index (χ4n) is 5.37. The summed E-state index contributed by atoms with van der Waals surface area (Å²) in [6.07, 6.45) is 4.11. The molecule has 5 atom stereocenters. The monoisotopic (exact) mass is 516 g/mol. The minimum atomic E-state index is -0.519. The summed E-state index contributed by atoms with van der Waals surface area (Å²) in [5.41, 5.74) is 3.33. The molecular weight excluding hydrogens is 476 g/mol. The molecule has 0 amide bonds. The molecule has 0 bridgehead atoms. The van der Waals surface area contributed by atoms with Crippen LogP contribution < -0.4 is 0 Å². The van der Waals surface area contributed by atoms with E-state index in [1.54, 1.807) is 0 Å². The summed E-state index contributed by atoms with van der Waals surface area (Å²) in [6, 6.07) is 30.7. The number of benzene rings is 3. The van der Waals surface area contributed by atoms with E-state index in [1.165, 1.54) is 19.3 Å². The lowest BCUT2D eigenvalue weighted by molar-refractivity contribution is -0.329. The van der Waals surface area contributed by atoms with Gasteiger partial charge in [0, 0.05) is 0 Å². The standard InChI is InChI=1S/C33H40O5/c1-25-30(34-22-26-14-6-2-7-15-26)31(35-23-27-16-8-3-9-17-27)32(36-24-28-18-10-4-11-19-28)33(37-25)38-29-20-12-5-13-21-29/h2-4,6-11,14-19,25,29-33H,5,12-13,20-24H2,1H3/t25-,30+,31+,32-,33+/m0/s1. The van der Waals surface area contributed by atoms with Gasteiger partial charge in [0.05, 0.1) is 32.0 Å². The third-order valence-electron chi connectivity index (χ3n) is 7.46. The second-order valence-corrected chi connectivity index (χ2v) is 10.4. The van der Waals surface area contributed by atoms with E-state index in [9.17, 15) is 0 Å². The summed E-state index contributed by atoms with van der Waals surface area (Å²) in [4.78, 5) is 0. The van der Waals surface area contributed by atoms with E-state index in [0.717, 1.165) is 29.5 Å². The molecule has 1 saturated carbocycles. The zero-order valence-electron chi connectivity index (χ0n) is 22.3. The molecule has 1 aliphatic heterocycles. The highest BCUT2D eigenvalue weighted by molar-refractivity contribution is 5.15. The van der Waals surface area contributed by atoms with E-state index < -0.39 is 12.4 Å². The highest BCUT2D eigenvalue weighted by atomic mass is 16.7. The Labute approximate surface area is 227 Å². The van der Waals surface area contributed by atoms with Crippen molar-refractivity contribution in [3.05, 3.63) is 108 Å². The first-order chi connectivity index (χ1) is 18.8. The van der Waals surface area contributed by atoms with Gasteiger partial charge in [-0.1, -0.05) is 110 Å². The van der Waals surface area contributed by atoms with E-state index in [-0.39, 0.29) is 24.4 Å². The lowest BCUT2D eigenvalue weighted by Crippen LogP contribution is -2.60. The Morgan fingerprint density at radius 1 is 0.579 bits per heavy atom. The Kier molecular flexibility index (Phi) is 9.98. The van der Waals surface area contributed by atoms with E-state index in [2.05, 4.69) is 43.3 Å². The number of hydrogen-bond acceptors (Lipinski definition) is 5. The van der Waals surface area contributed by atoms with Gasteiger partial charge in [-0.25, -0.2) is 0 Å². The Balaban J connectivity index is 1.38. The van der Waals surface area contributed by atoms with E-state index in [1.807, 2.05) is 54.6 Å². The minimum Gasteiger partial charge on any atom is -0.368 e. The molecule has 3 aromatic rings. The fourth-order valence-corrected chi connectivity index (χ4v) is 5.37. The molecule has 0 radical (unpaired) electrons. The normalized spacial score (nSPS) is 26.3. The summed E-state index contributed by atoms with van der Waals surface area (Å²) < 4.78 is 32.9. The zero-order valence-corrected chi connectivity index (χ0v) is 22.3. The molecule has 2 fully saturated rings. The van der Waals surface area contributed by atoms with Crippen LogP contribution in [-0.4, -0.2) is 36.8 Å². The summed E-state index contributed by atoms with van der Waals surface area (Å²) in [6.45, 7) is 3.44. The van der Waals surface area contributed by atoms with Crippen LogP contribution in [-0.2, 0) is 43.5 Å². The van der Waals surface area contributed by atoms with Gasteiger partial charge in [-0.3, -0.25) is 0 Å². The van der Waals surface area contributed by atoms with Crippen LogP contribution in [0.4, 0.5) is 0 Å². The molecule has 0 unspecified atom stereocenters. The number of rotatable bonds is 11. The predicted molar refractivity (Wildman–Crippen MR) is 147 cm³/mol. The van der Waals surface area contributed by atoms with Crippen LogP contribution in [0.25, 0.3) is 0 Å². The van der Waals surface area contributed by atoms with Crippen molar-refractivity contribution in [2.45, 2.75) is 95.7 Å². The lowest BCUT2D eigenvalue weighted by Gasteiger charge is -2.46. The Bertz CT molecular complexity index is 1050. The van der Waals surface area contributed by atoms with Crippen LogP contribution in [0.3, 0.4) is 0 Å². The summed E-state index contributed by atoms with van der Waals surface area (Å²) >= 11 is 0. The van der Waals surface area contributed by atoms with Crippen LogP contribution in [0.5, 0.6) is 0 Å². The first-order valence-corrected chi connectivity index (χ1v) is 14.0. The topological polar surface area (TPSA) is 46.2 Å². The molecule has 5 nitrogen and oxygen atoms in total. The van der Waals surface area contributed by atoms with Crippen molar-refractivity contribution >= 4 is 0 Å². The summed E-state index contributed by atoms with van der Waals surface area (Å²) in [5.74, 6) is 0. The molecule has 2 aliphatic rings. The van der Waals surface area contributed by atoms with Crippen molar-refractivity contribution in [2.24, 2.45) is 0 Å². The van der Waals surface area contributed by atoms with Gasteiger partial charge in [0.25, 0.3) is 0 Å². The van der Waals surface area contributed by atoms with Crippen LogP contribution in [0.2, 0.25) is 0 Å². The number of hydrogen-bond donors (Lipinski definition) is 0. The third-order valence-corrected chi connectivity index (χ3v) is 7.46. The smallest absolute Gasteiger partial charge is 0.187 e. The maximum atomic E-state index is 6.65. The number of ether oxygens (including phenoxy) is 5. The summed E-state index contributed by atoms with van der Waals surface area (Å²) in [5, 5.41) is 0.